The molecule has 0 bridgehead atoms. The molecular weight excluding hydrogens is 286 g/mol. The lowest BCUT2D eigenvalue weighted by atomic mass is 10.2. The second-order valence-corrected chi connectivity index (χ2v) is 5.72. The van der Waals surface area contributed by atoms with Crippen LogP contribution in [-0.2, 0) is 0 Å². The third kappa shape index (κ3) is 3.65. The molecule has 2 rings (SSSR count). The Balaban J connectivity index is 2.07. The Morgan fingerprint density at radius 2 is 2.19 bits per heavy atom. The number of rotatable bonds is 7. The van der Waals surface area contributed by atoms with Crippen molar-refractivity contribution < 1.29 is 9.53 Å². The SMILES string of the molecule is CCNCCCNC(=O)c1sc2cc(OC)ccc2c1N. The average Bonchev–Trinajstić information content (AvgIpc) is 2.83. The molecule has 0 atom stereocenters. The first-order chi connectivity index (χ1) is 10.2. The van der Waals surface area contributed by atoms with Gasteiger partial charge < -0.3 is 21.1 Å². The molecule has 2 aromatic rings. The molecule has 1 heterocycles. The molecule has 5 nitrogen and oxygen atoms in total. The van der Waals surface area contributed by atoms with Crippen molar-refractivity contribution in [3.63, 3.8) is 0 Å². The molecule has 0 aliphatic rings. The number of amides is 1. The number of nitrogen functional groups attached to an aromatic ring is 1. The minimum absolute atomic E-state index is 0.107. The van der Waals surface area contributed by atoms with Gasteiger partial charge in [-0.1, -0.05) is 6.92 Å². The monoisotopic (exact) mass is 307 g/mol. The number of anilines is 1. The Morgan fingerprint density at radius 1 is 1.38 bits per heavy atom. The number of fused-ring (bicyclic) bond motifs is 1. The standard InChI is InChI=1S/C15H21N3O2S/c1-3-17-7-4-8-18-15(19)14-13(16)11-6-5-10(20-2)9-12(11)21-14/h5-6,9,17H,3-4,7-8,16H2,1-2H3,(H,18,19). The summed E-state index contributed by atoms with van der Waals surface area (Å²) in [5.41, 5.74) is 6.62. The quantitative estimate of drug-likeness (QED) is 0.686. The Bertz CT molecular complexity index is 625. The van der Waals surface area contributed by atoms with Crippen LogP contribution in [0.15, 0.2) is 18.2 Å². The minimum Gasteiger partial charge on any atom is -0.497 e. The molecular formula is C15H21N3O2S. The topological polar surface area (TPSA) is 76.4 Å². The Kier molecular flexibility index (Phi) is 5.41. The fourth-order valence-corrected chi connectivity index (χ4v) is 3.13. The van der Waals surface area contributed by atoms with Crippen molar-refractivity contribution in [3.05, 3.63) is 23.1 Å². The lowest BCUT2D eigenvalue weighted by molar-refractivity contribution is 0.0958. The van der Waals surface area contributed by atoms with Crippen molar-refractivity contribution in [2.24, 2.45) is 0 Å². The Hall–Kier alpha value is -1.79. The van der Waals surface area contributed by atoms with E-state index in [0.717, 1.165) is 35.3 Å². The van der Waals surface area contributed by atoms with Gasteiger partial charge in [0, 0.05) is 16.6 Å². The van der Waals surface area contributed by atoms with Gasteiger partial charge in [0.2, 0.25) is 0 Å². The number of ether oxygens (including phenoxy) is 1. The maximum atomic E-state index is 12.2. The summed E-state index contributed by atoms with van der Waals surface area (Å²) in [6.45, 7) is 4.54. The molecule has 0 aliphatic carbocycles. The van der Waals surface area contributed by atoms with Gasteiger partial charge in [-0.2, -0.15) is 0 Å². The molecule has 114 valence electrons. The van der Waals surface area contributed by atoms with Crippen LogP contribution >= 0.6 is 11.3 Å². The van der Waals surface area contributed by atoms with Crippen LogP contribution in [0.5, 0.6) is 5.75 Å². The van der Waals surface area contributed by atoms with Crippen LogP contribution in [0.3, 0.4) is 0 Å². The Labute approximate surface area is 128 Å². The maximum absolute atomic E-state index is 12.2. The molecule has 0 fully saturated rings. The molecule has 1 aromatic heterocycles. The molecule has 0 radical (unpaired) electrons. The van der Waals surface area contributed by atoms with Crippen LogP contribution in [0.25, 0.3) is 10.1 Å². The number of hydrogen-bond acceptors (Lipinski definition) is 5. The first-order valence-corrected chi connectivity index (χ1v) is 7.84. The van der Waals surface area contributed by atoms with E-state index in [4.69, 9.17) is 10.5 Å². The molecule has 6 heteroatoms. The highest BCUT2D eigenvalue weighted by Crippen LogP contribution is 2.35. The highest BCUT2D eigenvalue weighted by Gasteiger charge is 2.16. The summed E-state index contributed by atoms with van der Waals surface area (Å²) in [6, 6.07) is 5.64. The van der Waals surface area contributed by atoms with E-state index in [1.165, 1.54) is 11.3 Å². The molecule has 0 saturated carbocycles. The van der Waals surface area contributed by atoms with Gasteiger partial charge in [0.1, 0.15) is 10.6 Å². The lowest BCUT2D eigenvalue weighted by Gasteiger charge is -2.04. The smallest absolute Gasteiger partial charge is 0.263 e. The van der Waals surface area contributed by atoms with Gasteiger partial charge in [0.25, 0.3) is 5.91 Å². The predicted molar refractivity (Wildman–Crippen MR) is 88.3 cm³/mol. The maximum Gasteiger partial charge on any atom is 0.263 e. The summed E-state index contributed by atoms with van der Waals surface area (Å²) >= 11 is 1.40. The molecule has 21 heavy (non-hydrogen) atoms. The number of benzene rings is 1. The van der Waals surface area contributed by atoms with Crippen molar-refractivity contribution in [2.45, 2.75) is 13.3 Å². The van der Waals surface area contributed by atoms with E-state index >= 15 is 0 Å². The second-order valence-electron chi connectivity index (χ2n) is 4.67. The zero-order valence-corrected chi connectivity index (χ0v) is 13.2. The average molecular weight is 307 g/mol. The fourth-order valence-electron chi connectivity index (χ4n) is 2.06. The summed E-state index contributed by atoms with van der Waals surface area (Å²) in [6.07, 6.45) is 0.901. The molecule has 0 spiro atoms. The largest absolute Gasteiger partial charge is 0.497 e. The van der Waals surface area contributed by atoms with Crippen molar-refractivity contribution in [2.75, 3.05) is 32.5 Å². The first-order valence-electron chi connectivity index (χ1n) is 7.02. The third-order valence-corrected chi connectivity index (χ3v) is 4.37. The fraction of sp³-hybridized carbons (Fsp3) is 0.400. The van der Waals surface area contributed by atoms with Crippen LogP contribution in [0.1, 0.15) is 23.0 Å². The first kappa shape index (κ1) is 15.6. The van der Waals surface area contributed by atoms with Gasteiger partial charge in [0.05, 0.1) is 12.8 Å². The summed E-state index contributed by atoms with van der Waals surface area (Å²) in [7, 11) is 1.62. The highest BCUT2D eigenvalue weighted by molar-refractivity contribution is 7.21. The van der Waals surface area contributed by atoms with E-state index in [-0.39, 0.29) is 5.91 Å². The molecule has 1 aromatic carbocycles. The summed E-state index contributed by atoms with van der Waals surface area (Å²) in [5.74, 6) is 0.658. The minimum atomic E-state index is -0.107. The lowest BCUT2D eigenvalue weighted by Crippen LogP contribution is -2.27. The summed E-state index contributed by atoms with van der Waals surface area (Å²) in [5, 5.41) is 7.03. The number of methoxy groups -OCH3 is 1. The third-order valence-electron chi connectivity index (χ3n) is 3.21. The van der Waals surface area contributed by atoms with E-state index in [1.54, 1.807) is 7.11 Å². The van der Waals surface area contributed by atoms with E-state index in [9.17, 15) is 4.79 Å². The van der Waals surface area contributed by atoms with Gasteiger partial charge in [-0.25, -0.2) is 0 Å². The molecule has 0 saturated heterocycles. The van der Waals surface area contributed by atoms with Crippen molar-refractivity contribution in [1.29, 1.82) is 0 Å². The van der Waals surface area contributed by atoms with Gasteiger partial charge in [0.15, 0.2) is 0 Å². The van der Waals surface area contributed by atoms with Crippen LogP contribution in [0.2, 0.25) is 0 Å². The van der Waals surface area contributed by atoms with Gasteiger partial charge in [-0.15, -0.1) is 11.3 Å². The van der Waals surface area contributed by atoms with Crippen LogP contribution in [0, 0.1) is 0 Å². The summed E-state index contributed by atoms with van der Waals surface area (Å²) in [4.78, 5) is 12.8. The molecule has 0 aliphatic heterocycles. The number of carbonyl (C=O) groups is 1. The number of carbonyl (C=O) groups excluding carboxylic acids is 1. The number of nitrogens with one attached hydrogen (secondary N) is 2. The Morgan fingerprint density at radius 3 is 2.90 bits per heavy atom. The second kappa shape index (κ2) is 7.28. The van der Waals surface area contributed by atoms with Crippen molar-refractivity contribution >= 4 is 33.0 Å². The van der Waals surface area contributed by atoms with Gasteiger partial charge in [-0.05, 0) is 37.7 Å². The number of thiophene rings is 1. The van der Waals surface area contributed by atoms with Crippen LogP contribution in [-0.4, -0.2) is 32.7 Å². The van der Waals surface area contributed by atoms with Gasteiger partial charge >= 0.3 is 0 Å². The normalized spacial score (nSPS) is 10.8. The van der Waals surface area contributed by atoms with Crippen LogP contribution in [0.4, 0.5) is 5.69 Å². The highest BCUT2D eigenvalue weighted by atomic mass is 32.1. The van der Waals surface area contributed by atoms with E-state index in [0.29, 0.717) is 17.1 Å². The van der Waals surface area contributed by atoms with Crippen molar-refractivity contribution in [1.82, 2.24) is 10.6 Å². The molecule has 0 unspecified atom stereocenters. The van der Waals surface area contributed by atoms with Gasteiger partial charge in [-0.3, -0.25) is 4.79 Å². The summed E-state index contributed by atoms with van der Waals surface area (Å²) < 4.78 is 6.16. The van der Waals surface area contributed by atoms with E-state index in [1.807, 2.05) is 18.2 Å². The van der Waals surface area contributed by atoms with E-state index < -0.39 is 0 Å². The zero-order chi connectivity index (χ0) is 15.2. The van der Waals surface area contributed by atoms with Crippen molar-refractivity contribution in [3.8, 4) is 5.75 Å². The predicted octanol–water partition coefficient (Wildman–Crippen LogP) is 2.22. The molecule has 1 amide bonds. The van der Waals surface area contributed by atoms with Crippen LogP contribution < -0.4 is 21.1 Å². The zero-order valence-electron chi connectivity index (χ0n) is 12.4. The number of hydrogen-bond donors (Lipinski definition) is 3. The number of nitrogens with two attached hydrogens (primary N) is 1. The molecule has 4 N–H and O–H groups in total. The van der Waals surface area contributed by atoms with E-state index in [2.05, 4.69) is 17.6 Å².